The predicted molar refractivity (Wildman–Crippen MR) is 101 cm³/mol. The van der Waals surface area contributed by atoms with Crippen LogP contribution in [0.5, 0.6) is 11.5 Å². The number of pyridine rings is 1. The van der Waals surface area contributed by atoms with Gasteiger partial charge in [0.15, 0.2) is 6.61 Å². The van der Waals surface area contributed by atoms with Crippen molar-refractivity contribution in [2.24, 2.45) is 5.92 Å². The summed E-state index contributed by atoms with van der Waals surface area (Å²) in [5, 5.41) is 3.82. The number of hydrogen-bond donors (Lipinski definition) is 1. The molecule has 1 fully saturated rings. The molecule has 0 bridgehead atoms. The van der Waals surface area contributed by atoms with Gasteiger partial charge in [0.1, 0.15) is 11.5 Å². The van der Waals surface area contributed by atoms with Gasteiger partial charge in [-0.2, -0.15) is 0 Å². The molecule has 1 amide bonds. The summed E-state index contributed by atoms with van der Waals surface area (Å²) in [4.78, 5) is 16.4. The Morgan fingerprint density at radius 1 is 1.04 bits per heavy atom. The Morgan fingerprint density at radius 2 is 1.88 bits per heavy atom. The van der Waals surface area contributed by atoms with Crippen molar-refractivity contribution in [3.8, 4) is 11.5 Å². The standard InChI is InChI=1S/C21H20N2O3/c24-21(23-17-8-9-20-16(11-17)3-2-10-22-20)14-26-19-5-1-4-18(12-19)25-13-15-6-7-15/h1-5,8-12,15H,6-7,13-14H2,(H,23,24). The molecule has 1 aromatic heterocycles. The monoisotopic (exact) mass is 348 g/mol. The molecule has 0 unspecified atom stereocenters. The second kappa shape index (κ2) is 7.44. The molecule has 0 spiro atoms. The van der Waals surface area contributed by atoms with Gasteiger partial charge < -0.3 is 14.8 Å². The highest BCUT2D eigenvalue weighted by atomic mass is 16.5. The minimum Gasteiger partial charge on any atom is -0.493 e. The third kappa shape index (κ3) is 4.30. The number of nitrogens with one attached hydrogen (secondary N) is 1. The zero-order chi connectivity index (χ0) is 17.8. The molecule has 0 radical (unpaired) electrons. The van der Waals surface area contributed by atoms with Gasteiger partial charge in [-0.1, -0.05) is 12.1 Å². The molecule has 0 atom stereocenters. The Morgan fingerprint density at radius 3 is 2.73 bits per heavy atom. The van der Waals surface area contributed by atoms with E-state index in [1.807, 2.05) is 54.6 Å². The zero-order valence-electron chi connectivity index (χ0n) is 14.4. The normalized spacial score (nSPS) is 13.4. The molecule has 26 heavy (non-hydrogen) atoms. The fraction of sp³-hybridized carbons (Fsp3) is 0.238. The van der Waals surface area contributed by atoms with Crippen LogP contribution in [0, 0.1) is 5.92 Å². The Kier molecular flexibility index (Phi) is 4.69. The van der Waals surface area contributed by atoms with Crippen LogP contribution in [0.4, 0.5) is 5.69 Å². The van der Waals surface area contributed by atoms with Crippen molar-refractivity contribution in [2.75, 3.05) is 18.5 Å². The smallest absolute Gasteiger partial charge is 0.262 e. The fourth-order valence-electron chi connectivity index (χ4n) is 2.65. The van der Waals surface area contributed by atoms with Crippen molar-refractivity contribution in [1.29, 1.82) is 0 Å². The molecule has 0 saturated heterocycles. The van der Waals surface area contributed by atoms with Gasteiger partial charge >= 0.3 is 0 Å². The third-order valence-corrected chi connectivity index (χ3v) is 4.24. The lowest BCUT2D eigenvalue weighted by Gasteiger charge is -2.10. The van der Waals surface area contributed by atoms with E-state index in [0.29, 0.717) is 11.7 Å². The predicted octanol–water partition coefficient (Wildman–Crippen LogP) is 4.04. The first kappa shape index (κ1) is 16.4. The van der Waals surface area contributed by atoms with Crippen molar-refractivity contribution in [2.45, 2.75) is 12.8 Å². The Bertz CT molecular complexity index is 922. The summed E-state index contributed by atoms with van der Waals surface area (Å²) in [6.45, 7) is 0.692. The van der Waals surface area contributed by atoms with Gasteiger partial charge in [-0.3, -0.25) is 9.78 Å². The molecule has 5 heteroatoms. The highest BCUT2D eigenvalue weighted by Crippen LogP contribution is 2.30. The fourth-order valence-corrected chi connectivity index (χ4v) is 2.65. The van der Waals surface area contributed by atoms with E-state index in [9.17, 15) is 4.79 Å². The average Bonchev–Trinajstić information content (AvgIpc) is 3.50. The van der Waals surface area contributed by atoms with Gasteiger partial charge in [0.25, 0.3) is 5.91 Å². The van der Waals surface area contributed by atoms with Crippen molar-refractivity contribution in [1.82, 2.24) is 4.98 Å². The molecule has 1 saturated carbocycles. The summed E-state index contributed by atoms with van der Waals surface area (Å²) in [5.41, 5.74) is 1.62. The third-order valence-electron chi connectivity index (χ3n) is 4.24. The van der Waals surface area contributed by atoms with E-state index in [4.69, 9.17) is 9.47 Å². The van der Waals surface area contributed by atoms with Gasteiger partial charge in [-0.05, 0) is 55.2 Å². The maximum Gasteiger partial charge on any atom is 0.262 e. The van der Waals surface area contributed by atoms with Gasteiger partial charge in [0, 0.05) is 23.3 Å². The molecule has 4 rings (SSSR count). The van der Waals surface area contributed by atoms with Crippen LogP contribution in [-0.4, -0.2) is 24.1 Å². The summed E-state index contributed by atoms with van der Waals surface area (Å²) < 4.78 is 11.3. The maximum absolute atomic E-state index is 12.1. The summed E-state index contributed by atoms with van der Waals surface area (Å²) in [7, 11) is 0. The quantitative estimate of drug-likeness (QED) is 0.700. The number of ether oxygens (including phenoxy) is 2. The van der Waals surface area contributed by atoms with Crippen molar-refractivity contribution in [3.63, 3.8) is 0 Å². The molecule has 132 valence electrons. The van der Waals surface area contributed by atoms with Gasteiger partial charge in [0.2, 0.25) is 0 Å². The number of nitrogens with zero attached hydrogens (tertiary/aromatic N) is 1. The van der Waals surface area contributed by atoms with Crippen molar-refractivity contribution < 1.29 is 14.3 Å². The molecule has 5 nitrogen and oxygen atoms in total. The minimum atomic E-state index is -0.211. The Labute approximate surface area is 152 Å². The second-order valence-corrected chi connectivity index (χ2v) is 6.48. The van der Waals surface area contributed by atoms with Crippen LogP contribution in [0.2, 0.25) is 0 Å². The summed E-state index contributed by atoms with van der Waals surface area (Å²) in [6, 6.07) is 16.8. The van der Waals surface area contributed by atoms with Gasteiger partial charge in [0.05, 0.1) is 12.1 Å². The van der Waals surface area contributed by atoms with E-state index < -0.39 is 0 Å². The number of aromatic nitrogens is 1. The molecule has 1 N–H and O–H groups in total. The summed E-state index contributed by atoms with van der Waals surface area (Å²) >= 11 is 0. The number of carbonyl (C=O) groups is 1. The summed E-state index contributed by atoms with van der Waals surface area (Å²) in [5.74, 6) is 1.88. The van der Waals surface area contributed by atoms with E-state index in [1.54, 1.807) is 6.20 Å². The number of carbonyl (C=O) groups excluding carboxylic acids is 1. The van der Waals surface area contributed by atoms with Crippen LogP contribution in [0.25, 0.3) is 10.9 Å². The first-order chi connectivity index (χ1) is 12.8. The van der Waals surface area contributed by atoms with Crippen LogP contribution in [0.1, 0.15) is 12.8 Å². The van der Waals surface area contributed by atoms with E-state index in [-0.39, 0.29) is 12.5 Å². The second-order valence-electron chi connectivity index (χ2n) is 6.48. The molecule has 1 heterocycles. The van der Waals surface area contributed by atoms with Gasteiger partial charge in [-0.15, -0.1) is 0 Å². The largest absolute Gasteiger partial charge is 0.493 e. The molecule has 2 aromatic carbocycles. The van der Waals surface area contributed by atoms with Crippen LogP contribution < -0.4 is 14.8 Å². The van der Waals surface area contributed by atoms with E-state index in [2.05, 4.69) is 10.3 Å². The molecular weight excluding hydrogens is 328 g/mol. The van der Waals surface area contributed by atoms with E-state index >= 15 is 0 Å². The molecule has 3 aromatic rings. The van der Waals surface area contributed by atoms with Crippen molar-refractivity contribution in [3.05, 3.63) is 60.8 Å². The Hall–Kier alpha value is -3.08. The van der Waals surface area contributed by atoms with Crippen LogP contribution in [0.3, 0.4) is 0 Å². The van der Waals surface area contributed by atoms with Crippen LogP contribution in [0.15, 0.2) is 60.8 Å². The number of anilines is 1. The topological polar surface area (TPSA) is 60.5 Å². The molecule has 1 aliphatic rings. The molecule has 1 aliphatic carbocycles. The Balaban J connectivity index is 1.32. The minimum absolute atomic E-state index is 0.0584. The number of rotatable bonds is 7. The van der Waals surface area contributed by atoms with Crippen LogP contribution >= 0.6 is 0 Å². The lowest BCUT2D eigenvalue weighted by molar-refractivity contribution is -0.118. The van der Waals surface area contributed by atoms with E-state index in [1.165, 1.54) is 12.8 Å². The van der Waals surface area contributed by atoms with Crippen LogP contribution in [-0.2, 0) is 4.79 Å². The molecule has 0 aliphatic heterocycles. The maximum atomic E-state index is 12.1. The first-order valence-electron chi connectivity index (χ1n) is 8.76. The highest BCUT2D eigenvalue weighted by molar-refractivity contribution is 5.94. The number of fused-ring (bicyclic) bond motifs is 1. The van der Waals surface area contributed by atoms with Gasteiger partial charge in [-0.25, -0.2) is 0 Å². The number of benzene rings is 2. The molecular formula is C21H20N2O3. The summed E-state index contributed by atoms with van der Waals surface area (Å²) in [6.07, 6.45) is 4.25. The highest BCUT2D eigenvalue weighted by Gasteiger charge is 2.21. The van der Waals surface area contributed by atoms with Crippen molar-refractivity contribution >= 4 is 22.5 Å². The zero-order valence-corrected chi connectivity index (χ0v) is 14.4. The van der Waals surface area contributed by atoms with E-state index in [0.717, 1.165) is 28.9 Å². The lowest BCUT2D eigenvalue weighted by atomic mass is 10.2. The SMILES string of the molecule is O=C(COc1cccc(OCC2CC2)c1)Nc1ccc2ncccc2c1. The number of amides is 1. The number of hydrogen-bond acceptors (Lipinski definition) is 4. The lowest BCUT2D eigenvalue weighted by Crippen LogP contribution is -2.20. The average molecular weight is 348 g/mol. The first-order valence-corrected chi connectivity index (χ1v) is 8.76.